The summed E-state index contributed by atoms with van der Waals surface area (Å²) < 4.78 is 19.7. The highest BCUT2D eigenvalue weighted by Crippen LogP contribution is 2.29. The van der Waals surface area contributed by atoms with Gasteiger partial charge >= 0.3 is 6.09 Å². The number of rotatable bonds is 4. The summed E-state index contributed by atoms with van der Waals surface area (Å²) in [6, 6.07) is 18.8. The van der Waals surface area contributed by atoms with Crippen molar-refractivity contribution in [3.63, 3.8) is 0 Å². The lowest BCUT2D eigenvalue weighted by Crippen LogP contribution is -2.14. The van der Waals surface area contributed by atoms with Gasteiger partial charge in [0.15, 0.2) is 0 Å². The van der Waals surface area contributed by atoms with Crippen LogP contribution in [0.15, 0.2) is 71.5 Å². The number of aromatic nitrogens is 4. The highest BCUT2D eigenvalue weighted by molar-refractivity contribution is 5.96. The van der Waals surface area contributed by atoms with E-state index in [2.05, 4.69) is 25.5 Å². The van der Waals surface area contributed by atoms with Crippen LogP contribution in [0.25, 0.3) is 33.1 Å². The number of amides is 1. The fourth-order valence-corrected chi connectivity index (χ4v) is 3.46. The molecule has 0 atom stereocenters. The highest BCUT2D eigenvalue weighted by Gasteiger charge is 2.15. The Balaban J connectivity index is 1.42. The fraction of sp³-hybridized carbons (Fsp3) is 0.0435. The topological polar surface area (TPSA) is 113 Å². The highest BCUT2D eigenvalue weighted by atomic mass is 19.1. The first-order chi connectivity index (χ1) is 15.6. The molecule has 158 valence electrons. The standard InChI is InChI=1S/C23H16FN5O3/c24-16-8-4-7-15-19(16)20(28-29-21(15)30)14-9-10-17-18(11-14)26-22(25-17)27-23(31)32-12-13-5-2-1-3-6-13/h1-11H,12H2,(H,29,30)(H2,25,26,27,31). The zero-order valence-corrected chi connectivity index (χ0v) is 16.6. The first-order valence-corrected chi connectivity index (χ1v) is 9.73. The van der Waals surface area contributed by atoms with Crippen LogP contribution in [0.5, 0.6) is 0 Å². The van der Waals surface area contributed by atoms with Crippen molar-refractivity contribution in [1.29, 1.82) is 0 Å². The average Bonchev–Trinajstić information content (AvgIpc) is 3.20. The van der Waals surface area contributed by atoms with Gasteiger partial charge in [0, 0.05) is 5.56 Å². The van der Waals surface area contributed by atoms with E-state index in [4.69, 9.17) is 4.74 Å². The Kier molecular flexibility index (Phi) is 4.83. The second-order valence-corrected chi connectivity index (χ2v) is 7.07. The Hall–Kier alpha value is -4.53. The van der Waals surface area contributed by atoms with Crippen LogP contribution < -0.4 is 10.9 Å². The van der Waals surface area contributed by atoms with E-state index in [0.717, 1.165) is 5.56 Å². The SMILES string of the molecule is O=C(Nc1nc2ccc(-c3n[nH]c(=O)c4cccc(F)c34)cc2[nH]1)OCc1ccccc1. The van der Waals surface area contributed by atoms with E-state index in [-0.39, 0.29) is 23.3 Å². The van der Waals surface area contributed by atoms with Gasteiger partial charge in [0.05, 0.1) is 21.8 Å². The number of aromatic amines is 2. The number of hydrogen-bond donors (Lipinski definition) is 3. The average molecular weight is 429 g/mol. The summed E-state index contributed by atoms with van der Waals surface area (Å²) in [4.78, 5) is 31.4. The van der Waals surface area contributed by atoms with Crippen LogP contribution in [0.3, 0.4) is 0 Å². The lowest BCUT2D eigenvalue weighted by atomic mass is 10.0. The predicted octanol–water partition coefficient (Wildman–Crippen LogP) is 4.35. The summed E-state index contributed by atoms with van der Waals surface area (Å²) in [7, 11) is 0. The number of fused-ring (bicyclic) bond motifs is 2. The summed E-state index contributed by atoms with van der Waals surface area (Å²) in [5.74, 6) is -0.329. The molecule has 0 aliphatic carbocycles. The molecule has 0 saturated carbocycles. The number of H-pyrrole nitrogens is 2. The number of benzene rings is 3. The number of hydrogen-bond acceptors (Lipinski definition) is 5. The maximum absolute atomic E-state index is 14.5. The number of ether oxygens (including phenoxy) is 1. The lowest BCUT2D eigenvalue weighted by molar-refractivity contribution is 0.155. The van der Waals surface area contributed by atoms with Gasteiger partial charge in [0.2, 0.25) is 5.95 Å². The molecule has 1 amide bonds. The van der Waals surface area contributed by atoms with E-state index in [1.54, 1.807) is 24.3 Å². The molecule has 0 spiro atoms. The number of nitrogens with one attached hydrogen (secondary N) is 3. The quantitative estimate of drug-likeness (QED) is 0.393. The third kappa shape index (κ3) is 3.67. The van der Waals surface area contributed by atoms with Crippen LogP contribution in [0, 0.1) is 5.82 Å². The van der Waals surface area contributed by atoms with Crippen LogP contribution in [-0.4, -0.2) is 26.3 Å². The van der Waals surface area contributed by atoms with Crippen LogP contribution in [0.4, 0.5) is 15.1 Å². The van der Waals surface area contributed by atoms with Crippen molar-refractivity contribution in [3.05, 3.63) is 88.5 Å². The molecule has 0 fully saturated rings. The molecule has 0 aliphatic heterocycles. The van der Waals surface area contributed by atoms with Gasteiger partial charge in [0.25, 0.3) is 5.56 Å². The van der Waals surface area contributed by atoms with Gasteiger partial charge < -0.3 is 9.72 Å². The Labute approximate surface area is 180 Å². The maximum atomic E-state index is 14.5. The van der Waals surface area contributed by atoms with E-state index in [0.29, 0.717) is 22.3 Å². The molecule has 3 N–H and O–H groups in total. The number of halogens is 1. The van der Waals surface area contributed by atoms with Crippen molar-refractivity contribution in [2.45, 2.75) is 6.61 Å². The number of imidazole rings is 1. The lowest BCUT2D eigenvalue weighted by Gasteiger charge is -2.06. The van der Waals surface area contributed by atoms with Gasteiger partial charge in [-0.3, -0.25) is 10.1 Å². The molecule has 2 aromatic heterocycles. The van der Waals surface area contributed by atoms with Gasteiger partial charge in [-0.1, -0.05) is 42.5 Å². The molecule has 8 nitrogen and oxygen atoms in total. The zero-order valence-electron chi connectivity index (χ0n) is 16.6. The second-order valence-electron chi connectivity index (χ2n) is 7.07. The molecule has 0 saturated heterocycles. The first kappa shape index (κ1) is 19.4. The number of carbonyl (C=O) groups excluding carboxylic acids is 1. The summed E-state index contributed by atoms with van der Waals surface area (Å²) in [6.45, 7) is 0.133. The fourth-order valence-electron chi connectivity index (χ4n) is 3.46. The van der Waals surface area contributed by atoms with Crippen molar-refractivity contribution in [1.82, 2.24) is 20.2 Å². The van der Waals surface area contributed by atoms with Crippen LogP contribution in [0.1, 0.15) is 5.56 Å². The number of nitrogens with zero attached hydrogens (tertiary/aromatic N) is 2. The molecule has 0 radical (unpaired) electrons. The first-order valence-electron chi connectivity index (χ1n) is 9.73. The summed E-state index contributed by atoms with van der Waals surface area (Å²) in [5.41, 5.74) is 2.45. The molecule has 32 heavy (non-hydrogen) atoms. The minimum Gasteiger partial charge on any atom is -0.444 e. The molecule has 0 bridgehead atoms. The van der Waals surface area contributed by atoms with Crippen molar-refractivity contribution in [3.8, 4) is 11.3 Å². The predicted molar refractivity (Wildman–Crippen MR) is 118 cm³/mol. The number of anilines is 1. The maximum Gasteiger partial charge on any atom is 0.414 e. The summed E-state index contributed by atoms with van der Waals surface area (Å²) >= 11 is 0. The zero-order chi connectivity index (χ0) is 22.1. The molecule has 9 heteroatoms. The third-order valence-corrected chi connectivity index (χ3v) is 4.95. The van der Waals surface area contributed by atoms with Gasteiger partial charge in [-0.15, -0.1) is 0 Å². The third-order valence-electron chi connectivity index (χ3n) is 4.95. The second kappa shape index (κ2) is 7.95. The van der Waals surface area contributed by atoms with E-state index in [1.807, 2.05) is 30.3 Å². The van der Waals surface area contributed by atoms with E-state index in [1.165, 1.54) is 12.1 Å². The normalized spacial score (nSPS) is 11.0. The number of carbonyl (C=O) groups is 1. The molecule has 3 aromatic carbocycles. The van der Waals surface area contributed by atoms with Crippen LogP contribution in [0.2, 0.25) is 0 Å². The summed E-state index contributed by atoms with van der Waals surface area (Å²) in [5, 5.41) is 9.36. The molecule has 0 unspecified atom stereocenters. The largest absolute Gasteiger partial charge is 0.444 e. The molecular formula is C23H16FN5O3. The molecule has 0 aliphatic rings. The minimum absolute atomic E-state index is 0.133. The smallest absolute Gasteiger partial charge is 0.414 e. The van der Waals surface area contributed by atoms with Crippen molar-refractivity contribution >= 4 is 33.8 Å². The Morgan fingerprint density at radius 2 is 1.91 bits per heavy atom. The Morgan fingerprint density at radius 1 is 1.06 bits per heavy atom. The van der Waals surface area contributed by atoms with Gasteiger partial charge in [0.1, 0.15) is 18.1 Å². The van der Waals surface area contributed by atoms with E-state index in [9.17, 15) is 14.0 Å². The van der Waals surface area contributed by atoms with Gasteiger partial charge in [-0.2, -0.15) is 5.10 Å². The molecule has 2 heterocycles. The van der Waals surface area contributed by atoms with Gasteiger partial charge in [-0.05, 0) is 29.8 Å². The monoisotopic (exact) mass is 429 g/mol. The Bertz CT molecular complexity index is 1510. The summed E-state index contributed by atoms with van der Waals surface area (Å²) in [6.07, 6.45) is -0.650. The van der Waals surface area contributed by atoms with E-state index >= 15 is 0 Å². The van der Waals surface area contributed by atoms with Gasteiger partial charge in [-0.25, -0.2) is 19.3 Å². The molecule has 5 rings (SSSR count). The Morgan fingerprint density at radius 3 is 2.75 bits per heavy atom. The minimum atomic E-state index is -0.650. The van der Waals surface area contributed by atoms with E-state index < -0.39 is 17.5 Å². The van der Waals surface area contributed by atoms with Crippen molar-refractivity contribution < 1.29 is 13.9 Å². The molecular weight excluding hydrogens is 413 g/mol. The van der Waals surface area contributed by atoms with Crippen LogP contribution in [-0.2, 0) is 11.3 Å². The van der Waals surface area contributed by atoms with Crippen LogP contribution >= 0.6 is 0 Å². The molecule has 5 aromatic rings. The van der Waals surface area contributed by atoms with Crippen molar-refractivity contribution in [2.75, 3.05) is 5.32 Å². The van der Waals surface area contributed by atoms with Crippen molar-refractivity contribution in [2.24, 2.45) is 0 Å².